The van der Waals surface area contributed by atoms with Gasteiger partial charge in [0.15, 0.2) is 0 Å². The van der Waals surface area contributed by atoms with Crippen LogP contribution in [0.3, 0.4) is 0 Å². The molecule has 15 heavy (non-hydrogen) atoms. The number of aliphatic hydroxyl groups is 1. The maximum absolute atomic E-state index is 11.8. The second kappa shape index (κ2) is 3.48. The van der Waals surface area contributed by atoms with Crippen LogP contribution in [0.15, 0.2) is 0 Å². The molecule has 2 fully saturated rings. The van der Waals surface area contributed by atoms with Crippen molar-refractivity contribution in [3.05, 3.63) is 0 Å². The van der Waals surface area contributed by atoms with Crippen molar-refractivity contribution in [1.82, 2.24) is 4.90 Å². The average Bonchev–Trinajstić information content (AvgIpc) is 2.66. The van der Waals surface area contributed by atoms with Gasteiger partial charge in [-0.3, -0.25) is 4.79 Å². The monoisotopic (exact) mass is 213 g/mol. The van der Waals surface area contributed by atoms with Gasteiger partial charge in [0.2, 0.25) is 5.91 Å². The Morgan fingerprint density at radius 2 is 2.47 bits per heavy atom. The zero-order chi connectivity index (χ0) is 11.1. The lowest BCUT2D eigenvalue weighted by Gasteiger charge is -2.28. The number of amides is 1. The van der Waals surface area contributed by atoms with E-state index in [4.69, 9.17) is 4.74 Å². The Hall–Kier alpha value is -1.10. The van der Waals surface area contributed by atoms with Crippen LogP contribution in [0, 0.1) is 0 Å². The number of β-amino-alcohol motifs (C(OH)–C–C–N with tert-alkyl or cyclic N) is 1. The molecule has 2 saturated heterocycles. The van der Waals surface area contributed by atoms with E-state index in [-0.39, 0.29) is 18.4 Å². The largest absolute Gasteiger partial charge is 0.464 e. The summed E-state index contributed by atoms with van der Waals surface area (Å²) in [5, 5.41) is 9.53. The van der Waals surface area contributed by atoms with Gasteiger partial charge in [-0.15, -0.1) is 0 Å². The predicted octanol–water partition coefficient (Wildman–Crippen LogP) is -0.325. The number of fused-ring (bicyclic) bond motifs is 1. The predicted molar refractivity (Wildman–Crippen MR) is 50.9 cm³/mol. The van der Waals surface area contributed by atoms with Crippen LogP contribution in [-0.2, 0) is 14.3 Å². The van der Waals surface area contributed by atoms with E-state index in [2.05, 4.69) is 0 Å². The molecule has 2 rings (SSSR count). The minimum absolute atomic E-state index is 0.0559. The summed E-state index contributed by atoms with van der Waals surface area (Å²) >= 11 is 0. The van der Waals surface area contributed by atoms with E-state index in [9.17, 15) is 14.7 Å². The first-order valence-corrected chi connectivity index (χ1v) is 5.26. The zero-order valence-corrected chi connectivity index (χ0v) is 8.73. The van der Waals surface area contributed by atoms with Crippen LogP contribution in [0.5, 0.6) is 0 Å². The van der Waals surface area contributed by atoms with Gasteiger partial charge >= 0.3 is 5.97 Å². The van der Waals surface area contributed by atoms with Crippen molar-refractivity contribution in [1.29, 1.82) is 0 Å². The number of carbonyl (C=O) groups is 2. The third kappa shape index (κ3) is 1.42. The van der Waals surface area contributed by atoms with Crippen molar-refractivity contribution < 1.29 is 19.4 Å². The van der Waals surface area contributed by atoms with Gasteiger partial charge in [-0.05, 0) is 13.3 Å². The van der Waals surface area contributed by atoms with Gasteiger partial charge in [-0.2, -0.15) is 0 Å². The summed E-state index contributed by atoms with van der Waals surface area (Å²) < 4.78 is 4.98. The molecule has 1 amide bonds. The minimum atomic E-state index is -0.869. The third-order valence-electron chi connectivity index (χ3n) is 3.19. The topological polar surface area (TPSA) is 66.8 Å². The summed E-state index contributed by atoms with van der Waals surface area (Å²) in [6, 6.07) is 0. The van der Waals surface area contributed by atoms with Crippen LogP contribution in [0.4, 0.5) is 0 Å². The Labute approximate surface area is 88.0 Å². The number of ether oxygens (including phenoxy) is 1. The van der Waals surface area contributed by atoms with Crippen molar-refractivity contribution in [2.75, 3.05) is 13.2 Å². The lowest BCUT2D eigenvalue weighted by molar-refractivity contribution is -0.157. The molecule has 0 unspecified atom stereocenters. The summed E-state index contributed by atoms with van der Waals surface area (Å²) in [6.07, 6.45) is 0.573. The quantitative estimate of drug-likeness (QED) is 0.638. The van der Waals surface area contributed by atoms with E-state index >= 15 is 0 Å². The van der Waals surface area contributed by atoms with Crippen molar-refractivity contribution in [2.45, 2.75) is 37.8 Å². The Morgan fingerprint density at radius 1 is 1.73 bits per heavy atom. The van der Waals surface area contributed by atoms with Crippen LogP contribution in [-0.4, -0.2) is 46.7 Å². The van der Waals surface area contributed by atoms with E-state index in [1.54, 1.807) is 6.92 Å². The van der Waals surface area contributed by atoms with E-state index < -0.39 is 11.6 Å². The van der Waals surface area contributed by atoms with Crippen molar-refractivity contribution in [3.8, 4) is 0 Å². The summed E-state index contributed by atoms with van der Waals surface area (Å²) in [7, 11) is 0. The van der Waals surface area contributed by atoms with E-state index in [1.807, 2.05) is 0 Å². The number of aliphatic hydroxyl groups excluding tert-OH is 1. The smallest absolute Gasteiger partial charge is 0.332 e. The maximum atomic E-state index is 11.8. The van der Waals surface area contributed by atoms with Crippen LogP contribution in [0.25, 0.3) is 0 Å². The molecule has 0 aromatic heterocycles. The third-order valence-corrected chi connectivity index (χ3v) is 3.19. The van der Waals surface area contributed by atoms with Crippen molar-refractivity contribution in [2.24, 2.45) is 0 Å². The summed E-state index contributed by atoms with van der Waals surface area (Å²) in [5.74, 6) is -0.424. The fourth-order valence-electron chi connectivity index (χ4n) is 2.54. The number of nitrogens with zero attached hydrogens (tertiary/aromatic N) is 1. The molecule has 2 heterocycles. The molecule has 5 heteroatoms. The highest BCUT2D eigenvalue weighted by Crippen LogP contribution is 2.40. The first-order chi connectivity index (χ1) is 7.10. The molecule has 0 bridgehead atoms. The molecule has 2 aliphatic heterocycles. The minimum Gasteiger partial charge on any atom is -0.464 e. The molecular weight excluding hydrogens is 198 g/mol. The van der Waals surface area contributed by atoms with Gasteiger partial charge in [0.05, 0.1) is 12.7 Å². The van der Waals surface area contributed by atoms with Crippen LogP contribution >= 0.6 is 0 Å². The molecule has 0 spiro atoms. The van der Waals surface area contributed by atoms with Crippen molar-refractivity contribution >= 4 is 11.9 Å². The molecule has 0 saturated carbocycles. The fourth-order valence-corrected chi connectivity index (χ4v) is 2.54. The number of hydrogen-bond donors (Lipinski definition) is 1. The molecule has 2 atom stereocenters. The summed E-state index contributed by atoms with van der Waals surface area (Å²) in [5.41, 5.74) is -0.869. The van der Waals surface area contributed by atoms with Gasteiger partial charge in [0.1, 0.15) is 5.54 Å². The molecule has 0 aromatic carbocycles. The van der Waals surface area contributed by atoms with Gasteiger partial charge in [0, 0.05) is 19.4 Å². The number of hydrogen-bond acceptors (Lipinski definition) is 4. The summed E-state index contributed by atoms with van der Waals surface area (Å²) in [4.78, 5) is 24.8. The van der Waals surface area contributed by atoms with Gasteiger partial charge in [-0.25, -0.2) is 4.79 Å². The second-order valence-corrected chi connectivity index (χ2v) is 4.11. The van der Waals surface area contributed by atoms with Crippen LogP contribution in [0.1, 0.15) is 26.2 Å². The number of carbonyl (C=O) groups excluding carboxylic acids is 2. The number of esters is 1. The van der Waals surface area contributed by atoms with Gasteiger partial charge in [-0.1, -0.05) is 0 Å². The Bertz CT molecular complexity index is 304. The average molecular weight is 213 g/mol. The Balaban J connectivity index is 2.24. The van der Waals surface area contributed by atoms with Gasteiger partial charge in [0.25, 0.3) is 0 Å². The van der Waals surface area contributed by atoms with E-state index in [1.165, 1.54) is 4.90 Å². The Morgan fingerprint density at radius 3 is 3.13 bits per heavy atom. The molecule has 84 valence electrons. The zero-order valence-electron chi connectivity index (χ0n) is 8.73. The van der Waals surface area contributed by atoms with Crippen LogP contribution < -0.4 is 0 Å². The standard InChI is InChI=1S/C10H15NO4/c1-2-15-9(14)10-4-3-8(13)11(10)6-7(12)5-10/h7,12H,2-6H2,1H3/t7-,10-/m0/s1. The summed E-state index contributed by atoms with van der Waals surface area (Å²) in [6.45, 7) is 2.30. The van der Waals surface area contributed by atoms with E-state index in [0.29, 0.717) is 25.9 Å². The fraction of sp³-hybridized carbons (Fsp3) is 0.800. The molecule has 5 nitrogen and oxygen atoms in total. The second-order valence-electron chi connectivity index (χ2n) is 4.11. The highest BCUT2D eigenvalue weighted by molar-refractivity contribution is 5.92. The lowest BCUT2D eigenvalue weighted by Crippen LogP contribution is -2.48. The highest BCUT2D eigenvalue weighted by atomic mass is 16.5. The SMILES string of the molecule is CCOC(=O)[C@@]12CCC(=O)N1C[C@@H](O)C2. The van der Waals surface area contributed by atoms with Crippen molar-refractivity contribution in [3.63, 3.8) is 0 Å². The first kappa shape index (κ1) is 10.4. The number of rotatable bonds is 2. The Kier molecular flexibility index (Phi) is 2.42. The first-order valence-electron chi connectivity index (χ1n) is 5.26. The molecule has 0 radical (unpaired) electrons. The van der Waals surface area contributed by atoms with Gasteiger partial charge < -0.3 is 14.7 Å². The normalized spacial score (nSPS) is 34.4. The highest BCUT2D eigenvalue weighted by Gasteiger charge is 2.57. The van der Waals surface area contributed by atoms with Crippen LogP contribution in [0.2, 0.25) is 0 Å². The lowest BCUT2D eigenvalue weighted by atomic mass is 9.93. The molecular formula is C10H15NO4. The molecule has 1 N–H and O–H groups in total. The maximum Gasteiger partial charge on any atom is 0.332 e. The molecule has 0 aromatic rings. The van der Waals surface area contributed by atoms with E-state index in [0.717, 1.165) is 0 Å². The molecule has 0 aliphatic carbocycles. The molecule has 2 aliphatic rings.